The molecule has 0 unspecified atom stereocenters. The van der Waals surface area contributed by atoms with Crippen LogP contribution in [0, 0.1) is 0 Å². The average molecular weight is 390 g/mol. The molecule has 2 aromatic heterocycles. The Kier molecular flexibility index (Phi) is 6.89. The zero-order chi connectivity index (χ0) is 20.6. The van der Waals surface area contributed by atoms with E-state index in [0.717, 1.165) is 24.8 Å². The second-order valence-electron chi connectivity index (χ2n) is 7.31. The van der Waals surface area contributed by atoms with E-state index in [0.29, 0.717) is 23.4 Å². The van der Waals surface area contributed by atoms with Crippen LogP contribution in [0.25, 0.3) is 17.1 Å². The highest BCUT2D eigenvalue weighted by atomic mass is 16.1. The van der Waals surface area contributed by atoms with E-state index in [4.69, 9.17) is 0 Å². The molecule has 0 bridgehead atoms. The van der Waals surface area contributed by atoms with Crippen molar-refractivity contribution in [2.75, 3.05) is 6.54 Å². The van der Waals surface area contributed by atoms with Crippen LogP contribution in [0.1, 0.15) is 43.7 Å². The summed E-state index contributed by atoms with van der Waals surface area (Å²) in [5.74, 6) is 0.0984. The lowest BCUT2D eigenvalue weighted by atomic mass is 10.0. The number of benzene rings is 1. The maximum absolute atomic E-state index is 12.7. The molecule has 3 rings (SSSR count). The van der Waals surface area contributed by atoms with Gasteiger partial charge in [-0.15, -0.1) is 0 Å². The number of carbonyl (C=O) groups is 1. The van der Waals surface area contributed by atoms with Crippen molar-refractivity contribution >= 4 is 23.0 Å². The molecule has 6 nitrogen and oxygen atoms in total. The molecule has 1 aromatic carbocycles. The summed E-state index contributed by atoms with van der Waals surface area (Å²) in [6, 6.07) is 9.70. The number of amides is 1. The minimum atomic E-state index is -0.227. The van der Waals surface area contributed by atoms with E-state index in [-0.39, 0.29) is 11.5 Å². The van der Waals surface area contributed by atoms with Gasteiger partial charge in [-0.1, -0.05) is 26.0 Å². The van der Waals surface area contributed by atoms with E-state index in [1.807, 2.05) is 36.5 Å². The van der Waals surface area contributed by atoms with Gasteiger partial charge in [0.15, 0.2) is 0 Å². The summed E-state index contributed by atoms with van der Waals surface area (Å²) in [6.45, 7) is 4.75. The Morgan fingerprint density at radius 2 is 2.10 bits per heavy atom. The number of rotatable bonds is 8. The lowest BCUT2D eigenvalue weighted by Crippen LogP contribution is -2.23. The summed E-state index contributed by atoms with van der Waals surface area (Å²) in [5.41, 5.74) is 2.75. The van der Waals surface area contributed by atoms with Crippen LogP contribution < -0.4 is 10.9 Å². The molecule has 0 atom stereocenters. The maximum Gasteiger partial charge on any atom is 0.265 e. The second kappa shape index (κ2) is 9.78. The number of nitrogens with one attached hydrogen (secondary N) is 1. The Bertz CT molecular complexity index is 1060. The van der Waals surface area contributed by atoms with E-state index >= 15 is 0 Å². The lowest BCUT2D eigenvalue weighted by molar-refractivity contribution is -0.116. The molecule has 0 radical (unpaired) electrons. The first-order valence-corrected chi connectivity index (χ1v) is 9.90. The van der Waals surface area contributed by atoms with Crippen LogP contribution in [0.3, 0.4) is 0 Å². The van der Waals surface area contributed by atoms with Crippen LogP contribution in [-0.4, -0.2) is 27.0 Å². The average Bonchev–Trinajstić information content (AvgIpc) is 2.73. The number of fused-ring (bicyclic) bond motifs is 1. The number of pyridine rings is 1. The molecular formula is C23H26N4O2. The number of unbranched alkanes of at least 4 members (excludes halogenated alkanes) is 1. The van der Waals surface area contributed by atoms with Crippen molar-refractivity contribution in [1.29, 1.82) is 0 Å². The minimum absolute atomic E-state index is 0.182. The highest BCUT2D eigenvalue weighted by molar-refractivity contribution is 5.90. The van der Waals surface area contributed by atoms with Crippen LogP contribution in [0.2, 0.25) is 0 Å². The van der Waals surface area contributed by atoms with Gasteiger partial charge in [-0.3, -0.25) is 19.1 Å². The molecule has 6 heteroatoms. The number of aryl methyl sites for hydroxylation is 1. The predicted molar refractivity (Wildman–Crippen MR) is 116 cm³/mol. The van der Waals surface area contributed by atoms with Gasteiger partial charge in [-0.2, -0.15) is 0 Å². The van der Waals surface area contributed by atoms with Crippen molar-refractivity contribution in [3.8, 4) is 0 Å². The second-order valence-corrected chi connectivity index (χ2v) is 7.31. The Morgan fingerprint density at radius 3 is 2.86 bits per heavy atom. The third-order valence-corrected chi connectivity index (χ3v) is 4.77. The first-order chi connectivity index (χ1) is 14.0. The SMILES string of the molecule is CC(C)c1ccc2ncn(C=CC(=O)NCCCCc3cccnc3)c(=O)c2c1. The molecule has 0 spiro atoms. The summed E-state index contributed by atoms with van der Waals surface area (Å²) in [6.07, 6.45) is 10.7. The minimum Gasteiger partial charge on any atom is -0.353 e. The smallest absolute Gasteiger partial charge is 0.265 e. The maximum atomic E-state index is 12.7. The summed E-state index contributed by atoms with van der Waals surface area (Å²) < 4.78 is 1.34. The number of carbonyl (C=O) groups excluding carboxylic acids is 1. The van der Waals surface area contributed by atoms with Gasteiger partial charge in [0, 0.05) is 31.2 Å². The number of nitrogens with zero attached hydrogens (tertiary/aromatic N) is 3. The lowest BCUT2D eigenvalue weighted by Gasteiger charge is -2.07. The molecule has 0 saturated heterocycles. The molecule has 0 fully saturated rings. The molecule has 0 saturated carbocycles. The fraction of sp³-hybridized carbons (Fsp3) is 0.304. The first kappa shape index (κ1) is 20.5. The number of hydrogen-bond acceptors (Lipinski definition) is 4. The van der Waals surface area contributed by atoms with Crippen molar-refractivity contribution in [3.05, 3.63) is 76.6 Å². The Morgan fingerprint density at radius 1 is 1.24 bits per heavy atom. The number of aromatic nitrogens is 3. The molecule has 29 heavy (non-hydrogen) atoms. The van der Waals surface area contributed by atoms with Gasteiger partial charge >= 0.3 is 0 Å². The number of hydrogen-bond donors (Lipinski definition) is 1. The Labute approximate surface area is 170 Å². The van der Waals surface area contributed by atoms with E-state index in [9.17, 15) is 9.59 Å². The molecule has 0 aliphatic rings. The van der Waals surface area contributed by atoms with Crippen molar-refractivity contribution in [3.63, 3.8) is 0 Å². The van der Waals surface area contributed by atoms with Crippen molar-refractivity contribution < 1.29 is 4.79 Å². The van der Waals surface area contributed by atoms with E-state index < -0.39 is 0 Å². The molecule has 150 valence electrons. The van der Waals surface area contributed by atoms with Crippen LogP contribution in [-0.2, 0) is 11.2 Å². The third-order valence-electron chi connectivity index (χ3n) is 4.77. The first-order valence-electron chi connectivity index (χ1n) is 9.90. The third kappa shape index (κ3) is 5.60. The standard InChI is InChI=1S/C23H26N4O2/c1-17(2)19-8-9-21-20(14-19)23(29)27(16-26-21)13-10-22(28)25-12-4-3-6-18-7-5-11-24-15-18/h5,7-11,13-17H,3-4,6,12H2,1-2H3,(H,25,28). The molecular weight excluding hydrogens is 364 g/mol. The van der Waals surface area contributed by atoms with Crippen LogP contribution >= 0.6 is 0 Å². The topological polar surface area (TPSA) is 76.9 Å². The van der Waals surface area contributed by atoms with E-state index in [1.54, 1.807) is 6.20 Å². The van der Waals surface area contributed by atoms with Gasteiger partial charge in [0.25, 0.3) is 5.56 Å². The zero-order valence-corrected chi connectivity index (χ0v) is 16.8. The quantitative estimate of drug-likeness (QED) is 0.472. The summed E-state index contributed by atoms with van der Waals surface area (Å²) >= 11 is 0. The zero-order valence-electron chi connectivity index (χ0n) is 16.8. The fourth-order valence-electron chi connectivity index (χ4n) is 3.04. The predicted octanol–water partition coefficient (Wildman–Crippen LogP) is 3.52. The summed E-state index contributed by atoms with van der Waals surface area (Å²) in [7, 11) is 0. The van der Waals surface area contributed by atoms with Gasteiger partial charge in [0.05, 0.1) is 10.9 Å². The molecule has 1 amide bonds. The normalized spacial score (nSPS) is 11.4. The van der Waals surface area contributed by atoms with Crippen molar-refractivity contribution in [2.45, 2.75) is 39.0 Å². The largest absolute Gasteiger partial charge is 0.353 e. The van der Waals surface area contributed by atoms with Crippen molar-refractivity contribution in [2.24, 2.45) is 0 Å². The Balaban J connectivity index is 1.54. The highest BCUT2D eigenvalue weighted by Gasteiger charge is 2.06. The molecule has 2 heterocycles. The van der Waals surface area contributed by atoms with Crippen LogP contribution in [0.5, 0.6) is 0 Å². The van der Waals surface area contributed by atoms with Crippen LogP contribution in [0.4, 0.5) is 0 Å². The van der Waals surface area contributed by atoms with Gasteiger partial charge in [-0.25, -0.2) is 4.98 Å². The van der Waals surface area contributed by atoms with Gasteiger partial charge in [0.2, 0.25) is 5.91 Å². The summed E-state index contributed by atoms with van der Waals surface area (Å²) in [4.78, 5) is 33.1. The molecule has 3 aromatic rings. The van der Waals surface area contributed by atoms with Gasteiger partial charge in [0.1, 0.15) is 6.33 Å². The van der Waals surface area contributed by atoms with E-state index in [1.165, 1.54) is 28.7 Å². The van der Waals surface area contributed by atoms with Crippen molar-refractivity contribution in [1.82, 2.24) is 19.9 Å². The monoisotopic (exact) mass is 390 g/mol. The molecule has 1 N–H and O–H groups in total. The van der Waals surface area contributed by atoms with Crippen LogP contribution in [0.15, 0.2) is 59.9 Å². The summed E-state index contributed by atoms with van der Waals surface area (Å²) in [5, 5.41) is 3.40. The van der Waals surface area contributed by atoms with Gasteiger partial charge in [-0.05, 0) is 54.5 Å². The Hall–Kier alpha value is -3.28. The molecule has 0 aliphatic heterocycles. The van der Waals surface area contributed by atoms with E-state index in [2.05, 4.69) is 29.1 Å². The fourth-order valence-corrected chi connectivity index (χ4v) is 3.04. The van der Waals surface area contributed by atoms with Gasteiger partial charge < -0.3 is 5.32 Å². The highest BCUT2D eigenvalue weighted by Crippen LogP contribution is 2.17. The molecule has 0 aliphatic carbocycles.